The second-order valence-corrected chi connectivity index (χ2v) is 8.86. The lowest BCUT2D eigenvalue weighted by molar-refractivity contribution is -0.142. The predicted octanol–water partition coefficient (Wildman–Crippen LogP) is 2.53. The molecule has 3 saturated heterocycles. The molecule has 0 N–H and O–H groups in total. The molecule has 0 aliphatic carbocycles. The van der Waals surface area contributed by atoms with E-state index in [0.717, 1.165) is 23.7 Å². The monoisotopic (exact) mass is 398 g/mol. The average Bonchev–Trinajstić information content (AvgIpc) is 3.43. The summed E-state index contributed by atoms with van der Waals surface area (Å²) < 4.78 is 1.92. The third kappa shape index (κ3) is 2.70. The van der Waals surface area contributed by atoms with E-state index in [4.69, 9.17) is 0 Å². The van der Waals surface area contributed by atoms with E-state index in [-0.39, 0.29) is 35.8 Å². The quantitative estimate of drug-likeness (QED) is 0.745. The first-order valence-corrected chi connectivity index (χ1v) is 10.6. The van der Waals surface area contributed by atoms with Crippen molar-refractivity contribution in [2.45, 2.75) is 63.6 Å². The van der Waals surface area contributed by atoms with Crippen molar-refractivity contribution in [3.8, 4) is 5.13 Å². The molecule has 2 aromatic heterocycles. The molecule has 3 aliphatic rings. The van der Waals surface area contributed by atoms with E-state index in [0.29, 0.717) is 30.6 Å². The van der Waals surface area contributed by atoms with E-state index in [1.807, 2.05) is 40.9 Å². The lowest BCUT2D eigenvalue weighted by Gasteiger charge is -2.41. The van der Waals surface area contributed by atoms with Crippen LogP contribution in [-0.4, -0.2) is 55.2 Å². The minimum atomic E-state index is -0.0537. The highest BCUT2D eigenvalue weighted by molar-refractivity contribution is 7.16. The van der Waals surface area contributed by atoms with Gasteiger partial charge in [0.25, 0.3) is 5.91 Å². The van der Waals surface area contributed by atoms with E-state index < -0.39 is 0 Å². The number of nitrogens with zero attached hydrogens (tertiary/aromatic N) is 4. The van der Waals surface area contributed by atoms with Crippen LogP contribution in [0.25, 0.3) is 5.13 Å². The van der Waals surface area contributed by atoms with Gasteiger partial charge < -0.3 is 9.47 Å². The minimum absolute atomic E-state index is 0.0402. The Kier molecular flexibility index (Phi) is 4.12. The second-order valence-electron chi connectivity index (χ2n) is 7.88. The van der Waals surface area contributed by atoms with Crippen molar-refractivity contribution < 1.29 is 14.4 Å². The van der Waals surface area contributed by atoms with Crippen LogP contribution < -0.4 is 0 Å². The van der Waals surface area contributed by atoms with E-state index in [9.17, 15) is 14.4 Å². The molecule has 2 unspecified atom stereocenters. The largest absolute Gasteiger partial charge is 0.332 e. The highest BCUT2D eigenvalue weighted by atomic mass is 32.1. The number of imide groups is 1. The molecule has 0 saturated carbocycles. The number of likely N-dealkylation sites (tertiary alicyclic amines) is 1. The third-order valence-corrected chi connectivity index (χ3v) is 7.36. The Labute approximate surface area is 166 Å². The molecule has 2 bridgehead atoms. The number of carbonyl (C=O) groups excluding carboxylic acids is 3. The smallest absolute Gasteiger partial charge is 0.266 e. The first-order valence-electron chi connectivity index (χ1n) is 9.81. The molecular weight excluding hydrogens is 376 g/mol. The number of piperidine rings is 1. The van der Waals surface area contributed by atoms with Gasteiger partial charge in [-0.15, -0.1) is 0 Å². The van der Waals surface area contributed by atoms with Gasteiger partial charge in [0, 0.05) is 43.4 Å². The van der Waals surface area contributed by atoms with Gasteiger partial charge in [-0.3, -0.25) is 19.3 Å². The number of aryl methyl sites for hydroxylation is 1. The van der Waals surface area contributed by atoms with Crippen LogP contribution in [0.15, 0.2) is 24.5 Å². The van der Waals surface area contributed by atoms with Gasteiger partial charge in [0.1, 0.15) is 4.88 Å². The molecule has 7 nitrogen and oxygen atoms in total. The van der Waals surface area contributed by atoms with E-state index in [2.05, 4.69) is 4.98 Å². The molecule has 5 rings (SSSR count). The topological polar surface area (TPSA) is 75.5 Å². The number of amides is 3. The van der Waals surface area contributed by atoms with Crippen LogP contribution in [-0.2, 0) is 9.59 Å². The highest BCUT2D eigenvalue weighted by Gasteiger charge is 2.48. The number of rotatable bonds is 3. The molecule has 0 aromatic carbocycles. The maximum atomic E-state index is 13.4. The zero-order chi connectivity index (χ0) is 19.4. The molecule has 3 amide bonds. The SMILES string of the molecule is Cc1nc(-n2cccc2)sc1C(=O)N1C2CCC1CC(N1C(=O)CCC1=O)C2. The van der Waals surface area contributed by atoms with E-state index in [1.165, 1.54) is 16.2 Å². The molecule has 28 heavy (non-hydrogen) atoms. The first kappa shape index (κ1) is 17.6. The standard InChI is InChI=1S/C20H22N4O3S/c1-12-18(28-20(21-12)22-8-2-3-9-22)19(27)23-13-4-5-14(23)11-15(10-13)24-16(25)6-7-17(24)26/h2-3,8-9,13-15H,4-7,10-11H2,1H3. The van der Waals surface area contributed by atoms with Gasteiger partial charge in [-0.25, -0.2) is 4.98 Å². The zero-order valence-corrected chi connectivity index (χ0v) is 16.5. The molecule has 3 aliphatic heterocycles. The van der Waals surface area contributed by atoms with Crippen molar-refractivity contribution in [1.29, 1.82) is 0 Å². The van der Waals surface area contributed by atoms with Crippen LogP contribution in [0.3, 0.4) is 0 Å². The molecule has 3 fully saturated rings. The van der Waals surface area contributed by atoms with Crippen molar-refractivity contribution >= 4 is 29.1 Å². The fourth-order valence-corrected chi connectivity index (χ4v) is 5.94. The summed E-state index contributed by atoms with van der Waals surface area (Å²) in [6.07, 6.45) is 7.77. The van der Waals surface area contributed by atoms with Crippen LogP contribution in [0.4, 0.5) is 0 Å². The van der Waals surface area contributed by atoms with Crippen LogP contribution in [0, 0.1) is 6.92 Å². The Bertz CT molecular complexity index is 921. The Morgan fingerprint density at radius 3 is 2.25 bits per heavy atom. The number of thiazole rings is 1. The number of hydrogen-bond donors (Lipinski definition) is 0. The van der Waals surface area contributed by atoms with Gasteiger partial charge in [0.15, 0.2) is 5.13 Å². The molecule has 146 valence electrons. The summed E-state index contributed by atoms with van der Waals surface area (Å²) in [5.41, 5.74) is 0.755. The first-order chi connectivity index (χ1) is 13.5. The maximum absolute atomic E-state index is 13.4. The van der Waals surface area contributed by atoms with Gasteiger partial charge in [-0.1, -0.05) is 11.3 Å². The number of aromatic nitrogens is 2. The Hall–Kier alpha value is -2.48. The van der Waals surface area contributed by atoms with Gasteiger partial charge in [0.2, 0.25) is 11.8 Å². The van der Waals surface area contributed by atoms with Crippen molar-refractivity contribution in [1.82, 2.24) is 19.4 Å². The lowest BCUT2D eigenvalue weighted by atomic mass is 9.95. The summed E-state index contributed by atoms with van der Waals surface area (Å²) in [5, 5.41) is 0.793. The minimum Gasteiger partial charge on any atom is -0.332 e. The van der Waals surface area contributed by atoms with Crippen molar-refractivity contribution in [3.05, 3.63) is 35.1 Å². The summed E-state index contributed by atoms with van der Waals surface area (Å²) in [4.78, 5) is 46.4. The van der Waals surface area contributed by atoms with Crippen molar-refractivity contribution in [2.24, 2.45) is 0 Å². The van der Waals surface area contributed by atoms with E-state index in [1.54, 1.807) is 0 Å². The van der Waals surface area contributed by atoms with Crippen LogP contribution in [0.5, 0.6) is 0 Å². The summed E-state index contributed by atoms with van der Waals surface area (Å²) in [5.74, 6) is -0.0638. The molecule has 5 heterocycles. The Balaban J connectivity index is 1.38. The summed E-state index contributed by atoms with van der Waals surface area (Å²) in [6, 6.07) is 4.00. The molecule has 8 heteroatoms. The van der Waals surface area contributed by atoms with Crippen molar-refractivity contribution in [2.75, 3.05) is 0 Å². The second kappa shape index (κ2) is 6.55. The van der Waals surface area contributed by atoms with Crippen LogP contribution >= 0.6 is 11.3 Å². The Morgan fingerprint density at radius 2 is 1.64 bits per heavy atom. The van der Waals surface area contributed by atoms with Crippen LogP contribution in [0.2, 0.25) is 0 Å². The molecule has 0 radical (unpaired) electrons. The third-order valence-electron chi connectivity index (χ3n) is 6.20. The van der Waals surface area contributed by atoms with Crippen LogP contribution in [0.1, 0.15) is 53.9 Å². The van der Waals surface area contributed by atoms with Gasteiger partial charge in [0.05, 0.1) is 5.69 Å². The Morgan fingerprint density at radius 1 is 1.04 bits per heavy atom. The lowest BCUT2D eigenvalue weighted by Crippen LogP contribution is -2.53. The summed E-state index contributed by atoms with van der Waals surface area (Å²) in [7, 11) is 0. The number of hydrogen-bond acceptors (Lipinski definition) is 5. The molecule has 0 spiro atoms. The van der Waals surface area contributed by atoms with E-state index >= 15 is 0 Å². The summed E-state index contributed by atoms with van der Waals surface area (Å²) >= 11 is 1.42. The van der Waals surface area contributed by atoms with Crippen molar-refractivity contribution in [3.63, 3.8) is 0 Å². The number of carbonyl (C=O) groups is 3. The highest BCUT2D eigenvalue weighted by Crippen LogP contribution is 2.40. The maximum Gasteiger partial charge on any atom is 0.266 e. The zero-order valence-electron chi connectivity index (χ0n) is 15.7. The van der Waals surface area contributed by atoms with Gasteiger partial charge in [-0.05, 0) is 44.7 Å². The summed E-state index contributed by atoms with van der Waals surface area (Å²) in [6.45, 7) is 1.88. The molecular formula is C20H22N4O3S. The predicted molar refractivity (Wildman–Crippen MR) is 103 cm³/mol. The molecule has 2 aromatic rings. The fraction of sp³-hybridized carbons (Fsp3) is 0.500. The normalized spacial score (nSPS) is 27.1. The van der Waals surface area contributed by atoms with Gasteiger partial charge >= 0.3 is 0 Å². The average molecular weight is 398 g/mol. The number of fused-ring (bicyclic) bond motifs is 2. The fourth-order valence-electron chi connectivity index (χ4n) is 4.96. The van der Waals surface area contributed by atoms with Gasteiger partial charge in [-0.2, -0.15) is 0 Å². The molecule has 2 atom stereocenters.